The van der Waals surface area contributed by atoms with Gasteiger partial charge in [-0.25, -0.2) is 0 Å². The van der Waals surface area contributed by atoms with Gasteiger partial charge in [-0.1, -0.05) is 11.3 Å². The van der Waals surface area contributed by atoms with E-state index in [2.05, 4.69) is 30.5 Å². The second kappa shape index (κ2) is 11.2. The Morgan fingerprint density at radius 3 is 2.51 bits per heavy atom. The van der Waals surface area contributed by atoms with Gasteiger partial charge in [0.2, 0.25) is 16.2 Å². The molecular weight excluding hydrogens is 489 g/mol. The Balaban J connectivity index is 1.46. The Labute approximate surface area is 203 Å². The standard InChI is InChI=1S/C21H25F3N6O4S/c22-21(23,24)34-16-5-4-14(12-15(16)25-17(31)13-29-8-10-33-11-9-29)18(32)26-19-27-28-20(35-19)30-6-2-1-3-7-30/h4-5,12H,1-3,6-11,13H2,(H,25,31)(H,26,27,32). The molecule has 2 amide bonds. The average Bonchev–Trinajstić information content (AvgIpc) is 3.29. The Bertz CT molecular complexity index is 1040. The summed E-state index contributed by atoms with van der Waals surface area (Å²) >= 11 is 1.22. The maximum absolute atomic E-state index is 12.9. The number of hydrogen-bond donors (Lipinski definition) is 2. The minimum Gasteiger partial charge on any atom is -0.404 e. The van der Waals surface area contributed by atoms with E-state index in [4.69, 9.17) is 4.74 Å². The van der Waals surface area contributed by atoms with Gasteiger partial charge in [-0.15, -0.1) is 23.4 Å². The summed E-state index contributed by atoms with van der Waals surface area (Å²) in [5, 5.41) is 14.1. The van der Waals surface area contributed by atoms with Gasteiger partial charge in [-0.05, 0) is 37.5 Å². The predicted molar refractivity (Wildman–Crippen MR) is 123 cm³/mol. The first-order valence-electron chi connectivity index (χ1n) is 11.2. The number of piperidine rings is 1. The van der Waals surface area contributed by atoms with Crippen LogP contribution in [0.15, 0.2) is 18.2 Å². The van der Waals surface area contributed by atoms with E-state index in [1.165, 1.54) is 17.4 Å². The van der Waals surface area contributed by atoms with Gasteiger partial charge >= 0.3 is 6.36 Å². The van der Waals surface area contributed by atoms with Crippen molar-refractivity contribution in [3.63, 3.8) is 0 Å². The zero-order chi connectivity index (χ0) is 24.8. The Morgan fingerprint density at radius 2 is 1.80 bits per heavy atom. The highest BCUT2D eigenvalue weighted by Crippen LogP contribution is 2.32. The van der Waals surface area contributed by atoms with Crippen LogP contribution in [0.25, 0.3) is 0 Å². The van der Waals surface area contributed by atoms with Gasteiger partial charge in [0.15, 0.2) is 5.75 Å². The Morgan fingerprint density at radius 1 is 1.06 bits per heavy atom. The minimum absolute atomic E-state index is 0.0240. The van der Waals surface area contributed by atoms with Crippen LogP contribution in [-0.4, -0.2) is 79.2 Å². The summed E-state index contributed by atoms with van der Waals surface area (Å²) in [6.07, 6.45) is -1.68. The van der Waals surface area contributed by atoms with Crippen LogP contribution in [0.1, 0.15) is 29.6 Å². The zero-order valence-corrected chi connectivity index (χ0v) is 19.6. The topological polar surface area (TPSA) is 109 Å². The van der Waals surface area contributed by atoms with E-state index in [0.29, 0.717) is 31.4 Å². The monoisotopic (exact) mass is 514 g/mol. The van der Waals surface area contributed by atoms with E-state index in [1.54, 1.807) is 0 Å². The van der Waals surface area contributed by atoms with Crippen LogP contribution in [0.3, 0.4) is 0 Å². The number of carbonyl (C=O) groups is 2. The van der Waals surface area contributed by atoms with Gasteiger partial charge < -0.3 is 19.7 Å². The van der Waals surface area contributed by atoms with Crippen molar-refractivity contribution in [2.45, 2.75) is 25.6 Å². The largest absolute Gasteiger partial charge is 0.573 e. The Hall–Kier alpha value is -2.97. The number of anilines is 3. The fraction of sp³-hybridized carbons (Fsp3) is 0.524. The normalized spacial score (nSPS) is 17.2. The summed E-state index contributed by atoms with van der Waals surface area (Å²) < 4.78 is 47.9. The molecule has 14 heteroatoms. The summed E-state index contributed by atoms with van der Waals surface area (Å²) in [4.78, 5) is 29.2. The first-order chi connectivity index (χ1) is 16.8. The lowest BCUT2D eigenvalue weighted by Gasteiger charge is -2.26. The van der Waals surface area contributed by atoms with Crippen molar-refractivity contribution in [2.24, 2.45) is 0 Å². The molecule has 1 aromatic heterocycles. The van der Waals surface area contributed by atoms with Crippen LogP contribution in [0.2, 0.25) is 0 Å². The van der Waals surface area contributed by atoms with Crippen LogP contribution in [-0.2, 0) is 9.53 Å². The first kappa shape index (κ1) is 25.1. The number of hydrogen-bond acceptors (Lipinski definition) is 9. The molecule has 2 aromatic rings. The molecule has 1 aromatic carbocycles. The number of alkyl halides is 3. The van der Waals surface area contributed by atoms with Crippen LogP contribution in [0.5, 0.6) is 5.75 Å². The van der Waals surface area contributed by atoms with Gasteiger partial charge in [0.1, 0.15) is 0 Å². The summed E-state index contributed by atoms with van der Waals surface area (Å²) in [5.41, 5.74) is -0.240. The number of nitrogens with zero attached hydrogens (tertiary/aromatic N) is 4. The van der Waals surface area contributed by atoms with Gasteiger partial charge in [0.25, 0.3) is 5.91 Å². The average molecular weight is 515 g/mol. The molecule has 2 aliphatic heterocycles. The number of benzene rings is 1. The highest BCUT2D eigenvalue weighted by Gasteiger charge is 2.33. The maximum atomic E-state index is 12.9. The molecule has 2 N–H and O–H groups in total. The predicted octanol–water partition coefficient (Wildman–Crippen LogP) is 2.95. The van der Waals surface area contributed by atoms with Crippen molar-refractivity contribution in [2.75, 3.05) is 61.5 Å². The van der Waals surface area contributed by atoms with E-state index in [1.807, 2.05) is 4.90 Å². The molecular formula is C21H25F3N6O4S. The van der Waals surface area contributed by atoms with E-state index < -0.39 is 23.9 Å². The second-order valence-electron chi connectivity index (χ2n) is 8.09. The highest BCUT2D eigenvalue weighted by molar-refractivity contribution is 7.19. The third-order valence-electron chi connectivity index (χ3n) is 5.47. The van der Waals surface area contributed by atoms with Crippen molar-refractivity contribution in [3.8, 4) is 5.75 Å². The number of halogens is 3. The van der Waals surface area contributed by atoms with Gasteiger partial charge in [-0.2, -0.15) is 0 Å². The summed E-state index contributed by atoms with van der Waals surface area (Å²) in [6, 6.07) is 3.31. The number of morpholine rings is 1. The quantitative estimate of drug-likeness (QED) is 0.581. The van der Waals surface area contributed by atoms with Crippen molar-refractivity contribution >= 4 is 39.1 Å². The molecule has 4 rings (SSSR count). The van der Waals surface area contributed by atoms with Crippen molar-refractivity contribution in [3.05, 3.63) is 23.8 Å². The molecule has 2 aliphatic rings. The van der Waals surface area contributed by atoms with Crippen molar-refractivity contribution < 1.29 is 32.2 Å². The lowest BCUT2D eigenvalue weighted by Crippen LogP contribution is -2.41. The summed E-state index contributed by atoms with van der Waals surface area (Å²) in [6.45, 7) is 3.71. The molecule has 3 heterocycles. The van der Waals surface area contributed by atoms with Gasteiger partial charge in [0.05, 0.1) is 25.4 Å². The lowest BCUT2D eigenvalue weighted by atomic mass is 10.1. The molecule has 0 bridgehead atoms. The van der Waals surface area contributed by atoms with Crippen molar-refractivity contribution in [1.29, 1.82) is 0 Å². The number of aromatic nitrogens is 2. The molecule has 190 valence electrons. The van der Waals surface area contributed by atoms with Crippen LogP contribution >= 0.6 is 11.3 Å². The number of rotatable bonds is 7. The number of ether oxygens (including phenoxy) is 2. The lowest BCUT2D eigenvalue weighted by molar-refractivity contribution is -0.274. The number of nitrogens with one attached hydrogen (secondary N) is 2. The molecule has 35 heavy (non-hydrogen) atoms. The molecule has 0 unspecified atom stereocenters. The van der Waals surface area contributed by atoms with Gasteiger partial charge in [0, 0.05) is 31.7 Å². The molecule has 0 saturated carbocycles. The fourth-order valence-electron chi connectivity index (χ4n) is 3.78. The molecule has 0 radical (unpaired) electrons. The molecule has 2 fully saturated rings. The third kappa shape index (κ3) is 7.26. The number of amides is 2. The first-order valence-corrected chi connectivity index (χ1v) is 12.0. The van der Waals surface area contributed by atoms with Crippen LogP contribution < -0.4 is 20.3 Å². The minimum atomic E-state index is -4.97. The van der Waals surface area contributed by atoms with E-state index >= 15 is 0 Å². The van der Waals surface area contributed by atoms with E-state index in [0.717, 1.165) is 44.5 Å². The van der Waals surface area contributed by atoms with Crippen LogP contribution in [0, 0.1) is 0 Å². The molecule has 0 atom stereocenters. The molecule has 0 aliphatic carbocycles. The number of carbonyl (C=O) groups excluding carboxylic acids is 2. The van der Waals surface area contributed by atoms with E-state index in [-0.39, 0.29) is 22.9 Å². The maximum Gasteiger partial charge on any atom is 0.573 e. The summed E-state index contributed by atoms with van der Waals surface area (Å²) in [7, 11) is 0. The summed E-state index contributed by atoms with van der Waals surface area (Å²) in [5.74, 6) is -1.76. The smallest absolute Gasteiger partial charge is 0.404 e. The highest BCUT2D eigenvalue weighted by atomic mass is 32.1. The van der Waals surface area contributed by atoms with Gasteiger partial charge in [-0.3, -0.25) is 19.8 Å². The second-order valence-corrected chi connectivity index (χ2v) is 9.04. The van der Waals surface area contributed by atoms with E-state index in [9.17, 15) is 22.8 Å². The zero-order valence-electron chi connectivity index (χ0n) is 18.8. The SMILES string of the molecule is O=C(CN1CCOCC1)Nc1cc(C(=O)Nc2nnc(N3CCCCC3)s2)ccc1OC(F)(F)F. The molecule has 2 saturated heterocycles. The van der Waals surface area contributed by atoms with Crippen LogP contribution in [0.4, 0.5) is 29.1 Å². The Kier molecular flexibility index (Phi) is 8.03. The molecule has 10 nitrogen and oxygen atoms in total. The molecule has 0 spiro atoms. The fourth-order valence-corrected chi connectivity index (χ4v) is 4.57. The van der Waals surface area contributed by atoms with Crippen molar-refractivity contribution in [1.82, 2.24) is 15.1 Å². The third-order valence-corrected chi connectivity index (χ3v) is 6.37.